The molecule has 1 N–H and O–H groups in total. The van der Waals surface area contributed by atoms with Crippen molar-refractivity contribution in [1.29, 1.82) is 0 Å². The molecule has 7 heteroatoms. The predicted molar refractivity (Wildman–Crippen MR) is 91.0 cm³/mol. The number of morpholine rings is 1. The summed E-state index contributed by atoms with van der Waals surface area (Å²) in [5.41, 5.74) is 0.591. The zero-order valence-corrected chi connectivity index (χ0v) is 14.2. The Balaban J connectivity index is 0.00000208. The molecule has 0 amide bonds. The lowest BCUT2D eigenvalue weighted by Gasteiger charge is -2.31. The molecule has 0 aromatic heterocycles. The van der Waals surface area contributed by atoms with Crippen LogP contribution >= 0.6 is 24.0 Å². The number of nitrogens with one attached hydrogen (secondary N) is 1. The normalized spacial score (nSPS) is 18.5. The third-order valence-corrected chi connectivity index (χ3v) is 3.85. The molecule has 0 spiro atoms. The summed E-state index contributed by atoms with van der Waals surface area (Å²) in [5.74, 6) is -0.892. The molecule has 0 radical (unpaired) electrons. The first-order chi connectivity index (χ1) is 11.1. The second-order valence-electron chi connectivity index (χ2n) is 5.28. The molecule has 1 saturated heterocycles. The van der Waals surface area contributed by atoms with Gasteiger partial charge < -0.3 is 14.8 Å². The van der Waals surface area contributed by atoms with Gasteiger partial charge in [0.25, 0.3) is 0 Å². The minimum atomic E-state index is -0.630. The van der Waals surface area contributed by atoms with E-state index in [9.17, 15) is 8.78 Å². The molecule has 130 valence electrons. The minimum Gasteiger partial charge on any atom is -0.480 e. The first kappa shape index (κ1) is 18.9. The third-order valence-electron chi connectivity index (χ3n) is 3.62. The maximum atomic E-state index is 14.0. The molecule has 0 bridgehead atoms. The fourth-order valence-electron chi connectivity index (χ4n) is 2.53. The number of hydrogen-bond acceptors (Lipinski definition) is 3. The molecular formula is C17H17Cl2F2NO2. The van der Waals surface area contributed by atoms with Gasteiger partial charge in [-0.3, -0.25) is 0 Å². The van der Waals surface area contributed by atoms with Crippen molar-refractivity contribution in [3.05, 3.63) is 64.7 Å². The van der Waals surface area contributed by atoms with Crippen molar-refractivity contribution in [2.45, 2.75) is 12.2 Å². The van der Waals surface area contributed by atoms with Gasteiger partial charge in [-0.2, -0.15) is 0 Å². The lowest BCUT2D eigenvalue weighted by atomic mass is 10.0. The van der Waals surface area contributed by atoms with Gasteiger partial charge in [0.15, 0.2) is 17.7 Å². The Morgan fingerprint density at radius 1 is 1.21 bits per heavy atom. The minimum absolute atomic E-state index is 0. The van der Waals surface area contributed by atoms with Gasteiger partial charge >= 0.3 is 0 Å². The summed E-state index contributed by atoms with van der Waals surface area (Å²) in [7, 11) is 0. The topological polar surface area (TPSA) is 30.5 Å². The monoisotopic (exact) mass is 375 g/mol. The number of rotatable bonds is 4. The Morgan fingerprint density at radius 3 is 2.71 bits per heavy atom. The van der Waals surface area contributed by atoms with Gasteiger partial charge in [0, 0.05) is 18.1 Å². The molecule has 1 aliphatic rings. The molecule has 2 atom stereocenters. The van der Waals surface area contributed by atoms with E-state index in [-0.39, 0.29) is 35.1 Å². The Morgan fingerprint density at radius 2 is 2.04 bits per heavy atom. The van der Waals surface area contributed by atoms with E-state index in [2.05, 4.69) is 5.32 Å². The van der Waals surface area contributed by atoms with Crippen molar-refractivity contribution in [3.63, 3.8) is 0 Å². The van der Waals surface area contributed by atoms with E-state index in [1.165, 1.54) is 24.3 Å². The third kappa shape index (κ3) is 4.57. The maximum Gasteiger partial charge on any atom is 0.166 e. The number of hydrogen-bond donors (Lipinski definition) is 1. The molecule has 1 fully saturated rings. The van der Waals surface area contributed by atoms with E-state index in [0.29, 0.717) is 18.7 Å². The van der Waals surface area contributed by atoms with Crippen molar-refractivity contribution >= 4 is 24.0 Å². The summed E-state index contributed by atoms with van der Waals surface area (Å²) < 4.78 is 39.1. The van der Waals surface area contributed by atoms with E-state index in [1.807, 2.05) is 0 Å². The van der Waals surface area contributed by atoms with Crippen molar-refractivity contribution in [2.75, 3.05) is 19.7 Å². The summed E-state index contributed by atoms with van der Waals surface area (Å²) >= 11 is 5.76. The standard InChI is InChI=1S/C17H16ClF2NO2.ClH/c18-12-4-5-15(14(20)9-12)23-17(16-10-21-6-7-22-16)11-2-1-3-13(19)8-11;/h1-5,8-9,16-17,21H,6-7,10H2;1H/t16-,17?;/m0./s1. The van der Waals surface area contributed by atoms with Gasteiger partial charge in [0.2, 0.25) is 0 Å². The second-order valence-corrected chi connectivity index (χ2v) is 5.72. The van der Waals surface area contributed by atoms with Crippen LogP contribution < -0.4 is 10.1 Å². The summed E-state index contributed by atoms with van der Waals surface area (Å²) in [5, 5.41) is 3.48. The quantitative estimate of drug-likeness (QED) is 0.870. The molecule has 0 saturated carbocycles. The number of ether oxygens (including phenoxy) is 2. The summed E-state index contributed by atoms with van der Waals surface area (Å²) in [6.45, 7) is 1.79. The van der Waals surface area contributed by atoms with Crippen molar-refractivity contribution in [1.82, 2.24) is 5.32 Å². The van der Waals surface area contributed by atoms with Gasteiger partial charge in [0.05, 0.1) is 6.61 Å². The highest BCUT2D eigenvalue weighted by Gasteiger charge is 2.29. The van der Waals surface area contributed by atoms with Crippen LogP contribution in [0.3, 0.4) is 0 Å². The highest BCUT2D eigenvalue weighted by Crippen LogP contribution is 2.30. The van der Waals surface area contributed by atoms with E-state index in [0.717, 1.165) is 6.54 Å². The Hall–Kier alpha value is -1.40. The van der Waals surface area contributed by atoms with E-state index < -0.39 is 11.9 Å². The molecule has 3 nitrogen and oxygen atoms in total. The fraction of sp³-hybridized carbons (Fsp3) is 0.294. The maximum absolute atomic E-state index is 14.0. The van der Waals surface area contributed by atoms with Gasteiger partial charge in [-0.1, -0.05) is 23.7 Å². The van der Waals surface area contributed by atoms with Crippen LogP contribution in [-0.2, 0) is 4.74 Å². The number of benzene rings is 2. The summed E-state index contributed by atoms with van der Waals surface area (Å²) in [6.07, 6.45) is -0.977. The SMILES string of the molecule is Cl.Fc1cccc(C(Oc2ccc(Cl)cc2F)[C@@H]2CNCCO2)c1. The molecule has 0 aliphatic carbocycles. The lowest BCUT2D eigenvalue weighted by molar-refractivity contribution is -0.0443. The zero-order chi connectivity index (χ0) is 16.2. The van der Waals surface area contributed by atoms with E-state index >= 15 is 0 Å². The van der Waals surface area contributed by atoms with Crippen LogP contribution in [0.4, 0.5) is 8.78 Å². The fourth-order valence-corrected chi connectivity index (χ4v) is 2.69. The Bertz CT molecular complexity index is 681. The smallest absolute Gasteiger partial charge is 0.166 e. The number of halogens is 4. The highest BCUT2D eigenvalue weighted by atomic mass is 35.5. The first-order valence-corrected chi connectivity index (χ1v) is 7.71. The molecular weight excluding hydrogens is 359 g/mol. The van der Waals surface area contributed by atoms with Gasteiger partial charge in [0.1, 0.15) is 11.9 Å². The molecule has 3 rings (SSSR count). The van der Waals surface area contributed by atoms with Crippen LogP contribution in [0.25, 0.3) is 0 Å². The highest BCUT2D eigenvalue weighted by molar-refractivity contribution is 6.30. The van der Waals surface area contributed by atoms with E-state index in [1.54, 1.807) is 18.2 Å². The molecule has 1 unspecified atom stereocenters. The van der Waals surface area contributed by atoms with Crippen molar-refractivity contribution in [3.8, 4) is 5.75 Å². The largest absolute Gasteiger partial charge is 0.480 e. The van der Waals surface area contributed by atoms with E-state index in [4.69, 9.17) is 21.1 Å². The average Bonchev–Trinajstić information content (AvgIpc) is 2.55. The molecule has 2 aromatic carbocycles. The van der Waals surface area contributed by atoms with Gasteiger partial charge in [-0.25, -0.2) is 8.78 Å². The van der Waals surface area contributed by atoms with Crippen LogP contribution in [0.1, 0.15) is 11.7 Å². The van der Waals surface area contributed by atoms with Gasteiger partial charge in [-0.15, -0.1) is 12.4 Å². The zero-order valence-electron chi connectivity index (χ0n) is 12.7. The van der Waals surface area contributed by atoms with Crippen molar-refractivity contribution in [2.24, 2.45) is 0 Å². The van der Waals surface area contributed by atoms with Crippen LogP contribution in [0.15, 0.2) is 42.5 Å². The molecule has 2 aromatic rings. The second kappa shape index (κ2) is 8.62. The Labute approximate surface area is 150 Å². The molecule has 1 heterocycles. The Kier molecular flexibility index (Phi) is 6.80. The summed E-state index contributed by atoms with van der Waals surface area (Å²) in [4.78, 5) is 0. The predicted octanol–water partition coefficient (Wildman–Crippen LogP) is 4.15. The molecule has 24 heavy (non-hydrogen) atoms. The van der Waals surface area contributed by atoms with Crippen LogP contribution in [0, 0.1) is 11.6 Å². The van der Waals surface area contributed by atoms with Crippen molar-refractivity contribution < 1.29 is 18.3 Å². The summed E-state index contributed by atoms with van der Waals surface area (Å²) in [6, 6.07) is 10.2. The van der Waals surface area contributed by atoms with Crippen LogP contribution in [-0.4, -0.2) is 25.8 Å². The lowest BCUT2D eigenvalue weighted by Crippen LogP contribution is -2.43. The average molecular weight is 376 g/mol. The first-order valence-electron chi connectivity index (χ1n) is 7.33. The van der Waals surface area contributed by atoms with Crippen LogP contribution in [0.5, 0.6) is 5.75 Å². The van der Waals surface area contributed by atoms with Crippen LogP contribution in [0.2, 0.25) is 5.02 Å². The van der Waals surface area contributed by atoms with Gasteiger partial charge in [-0.05, 0) is 35.9 Å². The molecule has 1 aliphatic heterocycles.